The van der Waals surface area contributed by atoms with Gasteiger partial charge in [-0.1, -0.05) is 39.0 Å². The van der Waals surface area contributed by atoms with Gasteiger partial charge in [0.1, 0.15) is 0 Å². The first-order chi connectivity index (χ1) is 15.3. The predicted molar refractivity (Wildman–Crippen MR) is 121 cm³/mol. The van der Waals surface area contributed by atoms with Gasteiger partial charge in [0.05, 0.1) is 29.1 Å². The minimum absolute atomic E-state index is 0.00583. The molecule has 1 aromatic heterocycles. The van der Waals surface area contributed by atoms with Crippen molar-refractivity contribution in [2.45, 2.75) is 53.0 Å². The molecule has 0 bridgehead atoms. The van der Waals surface area contributed by atoms with E-state index >= 15 is 0 Å². The number of carbonyl (C=O) groups is 2. The molecule has 1 spiro atoms. The van der Waals surface area contributed by atoms with Gasteiger partial charge in [0.15, 0.2) is 0 Å². The zero-order chi connectivity index (χ0) is 22.8. The number of hydrogen-bond donors (Lipinski definition) is 1. The molecular weight excluding hydrogens is 406 g/mol. The second kappa shape index (κ2) is 9.06. The molecule has 0 saturated carbocycles. The quantitative estimate of drug-likeness (QED) is 0.698. The number of aryl methyl sites for hydroxylation is 1. The van der Waals surface area contributed by atoms with Crippen LogP contribution >= 0.6 is 0 Å². The lowest BCUT2D eigenvalue weighted by Crippen LogP contribution is -2.41. The number of benzene rings is 1. The number of hydrogen-bond acceptors (Lipinski definition) is 5. The molecule has 32 heavy (non-hydrogen) atoms. The van der Waals surface area contributed by atoms with E-state index < -0.39 is 0 Å². The van der Waals surface area contributed by atoms with Crippen LogP contribution in [0.25, 0.3) is 0 Å². The van der Waals surface area contributed by atoms with Crippen LogP contribution in [-0.4, -0.2) is 48.0 Å². The molecule has 0 aliphatic carbocycles. The number of rotatable bonds is 6. The minimum atomic E-state index is -0.346. The van der Waals surface area contributed by atoms with Crippen molar-refractivity contribution in [3.63, 3.8) is 0 Å². The third-order valence-corrected chi connectivity index (χ3v) is 6.59. The molecule has 0 radical (unpaired) electrons. The maximum atomic E-state index is 13.0. The van der Waals surface area contributed by atoms with Crippen LogP contribution in [0, 0.1) is 10.8 Å². The number of ether oxygens (including phenoxy) is 2. The van der Waals surface area contributed by atoms with Gasteiger partial charge in [-0.05, 0) is 43.2 Å². The SMILES string of the molecule is CCc1nn(CC(C)(C)COC(=O)c2ccccc2)c2c1C(=O)NCC1(CCOCC1)C2. The van der Waals surface area contributed by atoms with E-state index in [4.69, 9.17) is 14.6 Å². The fraction of sp³-hybridized carbons (Fsp3) is 0.560. The number of nitrogens with one attached hydrogen (secondary N) is 1. The molecule has 1 aromatic carbocycles. The molecule has 0 unspecified atom stereocenters. The fourth-order valence-electron chi connectivity index (χ4n) is 4.67. The van der Waals surface area contributed by atoms with Crippen molar-refractivity contribution in [1.29, 1.82) is 0 Å². The van der Waals surface area contributed by atoms with Crippen LogP contribution in [0.1, 0.15) is 65.7 Å². The van der Waals surface area contributed by atoms with E-state index in [2.05, 4.69) is 19.2 Å². The normalized spacial score (nSPS) is 18.0. The van der Waals surface area contributed by atoms with Crippen LogP contribution in [0.15, 0.2) is 30.3 Å². The van der Waals surface area contributed by atoms with Crippen molar-refractivity contribution in [2.75, 3.05) is 26.4 Å². The van der Waals surface area contributed by atoms with Crippen molar-refractivity contribution in [3.8, 4) is 0 Å². The average Bonchev–Trinajstić information content (AvgIpc) is 3.06. The Balaban J connectivity index is 1.55. The number of carbonyl (C=O) groups excluding carboxylic acids is 2. The lowest BCUT2D eigenvalue weighted by Gasteiger charge is -2.36. The summed E-state index contributed by atoms with van der Waals surface area (Å²) in [5.74, 6) is -0.354. The Morgan fingerprint density at radius 3 is 2.66 bits per heavy atom. The molecule has 1 amide bonds. The summed E-state index contributed by atoms with van der Waals surface area (Å²) in [6.45, 7) is 9.10. The Morgan fingerprint density at radius 2 is 1.97 bits per heavy atom. The highest BCUT2D eigenvalue weighted by atomic mass is 16.5. The molecule has 172 valence electrons. The Morgan fingerprint density at radius 1 is 1.25 bits per heavy atom. The number of esters is 1. The van der Waals surface area contributed by atoms with E-state index in [0.29, 0.717) is 25.1 Å². The van der Waals surface area contributed by atoms with Crippen molar-refractivity contribution in [3.05, 3.63) is 52.8 Å². The molecule has 7 heteroatoms. The molecule has 0 atom stereocenters. The van der Waals surface area contributed by atoms with Gasteiger partial charge >= 0.3 is 5.97 Å². The van der Waals surface area contributed by atoms with Gasteiger partial charge in [-0.15, -0.1) is 0 Å². The van der Waals surface area contributed by atoms with Gasteiger partial charge in [-0.2, -0.15) is 5.10 Å². The molecule has 1 fully saturated rings. The summed E-state index contributed by atoms with van der Waals surface area (Å²) in [5, 5.41) is 7.99. The smallest absolute Gasteiger partial charge is 0.338 e. The molecule has 1 saturated heterocycles. The molecule has 1 N–H and O–H groups in total. The Bertz CT molecular complexity index is 975. The van der Waals surface area contributed by atoms with Gasteiger partial charge in [0.2, 0.25) is 0 Å². The van der Waals surface area contributed by atoms with Crippen LogP contribution in [0.3, 0.4) is 0 Å². The van der Waals surface area contributed by atoms with E-state index in [-0.39, 0.29) is 29.3 Å². The summed E-state index contributed by atoms with van der Waals surface area (Å²) >= 11 is 0. The first-order valence-corrected chi connectivity index (χ1v) is 11.5. The maximum Gasteiger partial charge on any atom is 0.338 e. The van der Waals surface area contributed by atoms with E-state index in [0.717, 1.165) is 49.4 Å². The van der Waals surface area contributed by atoms with Crippen molar-refractivity contribution >= 4 is 11.9 Å². The molecule has 3 heterocycles. The summed E-state index contributed by atoms with van der Waals surface area (Å²) in [6, 6.07) is 9.02. The number of amides is 1. The number of nitrogens with zero attached hydrogens (tertiary/aromatic N) is 2. The van der Waals surface area contributed by atoms with Crippen molar-refractivity contribution in [1.82, 2.24) is 15.1 Å². The Hall–Kier alpha value is -2.67. The van der Waals surface area contributed by atoms with E-state index in [1.807, 2.05) is 29.8 Å². The Kier molecular flexibility index (Phi) is 6.38. The minimum Gasteiger partial charge on any atom is -0.461 e. The molecule has 2 aliphatic rings. The summed E-state index contributed by atoms with van der Waals surface area (Å²) in [5.41, 5.74) is 2.77. The molecule has 2 aromatic rings. The van der Waals surface area contributed by atoms with E-state index in [1.165, 1.54) is 0 Å². The van der Waals surface area contributed by atoms with Gasteiger partial charge in [0, 0.05) is 31.7 Å². The summed E-state index contributed by atoms with van der Waals surface area (Å²) in [6.07, 6.45) is 3.36. The zero-order valence-corrected chi connectivity index (χ0v) is 19.3. The third kappa shape index (κ3) is 4.72. The highest BCUT2D eigenvalue weighted by Gasteiger charge is 2.40. The van der Waals surface area contributed by atoms with Crippen LogP contribution < -0.4 is 5.32 Å². The second-order valence-corrected chi connectivity index (χ2v) is 9.86. The second-order valence-electron chi connectivity index (χ2n) is 9.86. The molecule has 4 rings (SSSR count). The summed E-state index contributed by atoms with van der Waals surface area (Å²) in [4.78, 5) is 25.4. The van der Waals surface area contributed by atoms with Crippen LogP contribution in [-0.2, 0) is 28.9 Å². The highest BCUT2D eigenvalue weighted by Crippen LogP contribution is 2.38. The first-order valence-electron chi connectivity index (χ1n) is 11.5. The van der Waals surface area contributed by atoms with E-state index in [1.54, 1.807) is 12.1 Å². The monoisotopic (exact) mass is 439 g/mol. The lowest BCUT2D eigenvalue weighted by atomic mass is 9.76. The van der Waals surface area contributed by atoms with E-state index in [9.17, 15) is 9.59 Å². The molecule has 7 nitrogen and oxygen atoms in total. The maximum absolute atomic E-state index is 13.0. The lowest BCUT2D eigenvalue weighted by molar-refractivity contribution is 0.0145. The van der Waals surface area contributed by atoms with Gasteiger partial charge in [0.25, 0.3) is 5.91 Å². The summed E-state index contributed by atoms with van der Waals surface area (Å²) < 4.78 is 13.2. The van der Waals surface area contributed by atoms with Crippen LogP contribution in [0.2, 0.25) is 0 Å². The number of fused-ring (bicyclic) bond motifs is 1. The predicted octanol–water partition coefficient (Wildman–Crippen LogP) is 3.41. The highest BCUT2D eigenvalue weighted by molar-refractivity contribution is 5.97. The van der Waals surface area contributed by atoms with Crippen molar-refractivity contribution < 1.29 is 19.1 Å². The molecule has 2 aliphatic heterocycles. The number of aromatic nitrogens is 2. The first kappa shape index (κ1) is 22.5. The fourth-order valence-corrected chi connectivity index (χ4v) is 4.67. The van der Waals surface area contributed by atoms with Gasteiger partial charge < -0.3 is 14.8 Å². The standard InChI is InChI=1S/C25H33N3O4/c1-4-19-21-20(14-25(15-26-22(21)29)10-12-31-13-11-25)28(27-19)16-24(2,3)17-32-23(30)18-8-6-5-7-9-18/h5-9H,4,10-17H2,1-3H3,(H,26,29). The molecular formula is C25H33N3O4. The van der Waals surface area contributed by atoms with Crippen molar-refractivity contribution in [2.24, 2.45) is 10.8 Å². The zero-order valence-electron chi connectivity index (χ0n) is 19.3. The van der Waals surface area contributed by atoms with Crippen LogP contribution in [0.4, 0.5) is 0 Å². The van der Waals surface area contributed by atoms with Gasteiger partial charge in [-0.3, -0.25) is 9.48 Å². The van der Waals surface area contributed by atoms with Gasteiger partial charge in [-0.25, -0.2) is 4.79 Å². The topological polar surface area (TPSA) is 82.5 Å². The summed E-state index contributed by atoms with van der Waals surface area (Å²) in [7, 11) is 0. The average molecular weight is 440 g/mol. The third-order valence-electron chi connectivity index (χ3n) is 6.59. The van der Waals surface area contributed by atoms with Crippen LogP contribution in [0.5, 0.6) is 0 Å². The Labute approximate surface area is 189 Å². The largest absolute Gasteiger partial charge is 0.461 e.